The number of anilines is 1. The monoisotopic (exact) mass is 222 g/mol. The Bertz CT molecular complexity index is 440. The molecule has 0 amide bonds. The largest absolute Gasteiger partial charge is 0.369 e. The zero-order valence-corrected chi connectivity index (χ0v) is 9.42. The fraction of sp³-hybridized carbons (Fsp3) is 0.400. The third-order valence-corrected chi connectivity index (χ3v) is 3.10. The van der Waals surface area contributed by atoms with E-state index in [4.69, 9.17) is 5.73 Å². The lowest BCUT2D eigenvalue weighted by Crippen LogP contribution is -2.20. The van der Waals surface area contributed by atoms with Gasteiger partial charge in [-0.15, -0.1) is 11.3 Å². The van der Waals surface area contributed by atoms with Crippen LogP contribution in [0.2, 0.25) is 0 Å². The van der Waals surface area contributed by atoms with E-state index in [1.807, 2.05) is 11.4 Å². The molecule has 2 rings (SSSR count). The number of aromatic nitrogens is 2. The number of nitrogens with zero attached hydrogens (tertiary/aromatic N) is 2. The molecule has 5 heteroatoms. The highest BCUT2D eigenvalue weighted by molar-refractivity contribution is 7.16. The highest BCUT2D eigenvalue weighted by atomic mass is 32.1. The average molecular weight is 222 g/mol. The summed E-state index contributed by atoms with van der Waals surface area (Å²) in [4.78, 5) is 9.44. The van der Waals surface area contributed by atoms with Gasteiger partial charge in [-0.2, -0.15) is 0 Å². The SMILES string of the molecule is CC(CN)CNc1ncnc2sccc12. The van der Waals surface area contributed by atoms with Crippen LogP contribution in [0.1, 0.15) is 6.92 Å². The van der Waals surface area contributed by atoms with Gasteiger partial charge in [-0.3, -0.25) is 0 Å². The summed E-state index contributed by atoms with van der Waals surface area (Å²) in [5, 5.41) is 6.41. The van der Waals surface area contributed by atoms with Gasteiger partial charge in [0.25, 0.3) is 0 Å². The summed E-state index contributed by atoms with van der Waals surface area (Å²) in [5.74, 6) is 1.36. The molecule has 1 atom stereocenters. The molecule has 0 aromatic carbocycles. The van der Waals surface area contributed by atoms with Crippen LogP contribution in [0.4, 0.5) is 5.82 Å². The van der Waals surface area contributed by atoms with Gasteiger partial charge in [0.1, 0.15) is 17.0 Å². The first-order valence-corrected chi connectivity index (χ1v) is 5.81. The molecule has 0 aliphatic rings. The topological polar surface area (TPSA) is 63.8 Å². The van der Waals surface area contributed by atoms with Crippen LogP contribution >= 0.6 is 11.3 Å². The second kappa shape index (κ2) is 4.55. The Labute approximate surface area is 92.5 Å². The standard InChI is InChI=1S/C10H14N4S/c1-7(4-11)5-12-9-8-2-3-15-10(8)14-6-13-9/h2-3,6-7H,4-5,11H2,1H3,(H,12,13,14). The molecule has 0 spiro atoms. The molecule has 15 heavy (non-hydrogen) atoms. The van der Waals surface area contributed by atoms with Crippen LogP contribution in [-0.2, 0) is 0 Å². The van der Waals surface area contributed by atoms with Crippen LogP contribution in [0, 0.1) is 5.92 Å². The molecular weight excluding hydrogens is 208 g/mol. The van der Waals surface area contributed by atoms with Crippen LogP contribution in [0.5, 0.6) is 0 Å². The first kappa shape index (κ1) is 10.3. The summed E-state index contributed by atoms with van der Waals surface area (Å²) in [6, 6.07) is 2.04. The van der Waals surface area contributed by atoms with E-state index >= 15 is 0 Å². The highest BCUT2D eigenvalue weighted by Crippen LogP contribution is 2.23. The molecule has 0 saturated carbocycles. The summed E-state index contributed by atoms with van der Waals surface area (Å²) >= 11 is 1.63. The molecule has 0 aliphatic heterocycles. The molecule has 0 saturated heterocycles. The van der Waals surface area contributed by atoms with Crippen molar-refractivity contribution in [1.29, 1.82) is 0 Å². The number of hydrogen-bond acceptors (Lipinski definition) is 5. The van der Waals surface area contributed by atoms with Gasteiger partial charge in [0.2, 0.25) is 0 Å². The lowest BCUT2D eigenvalue weighted by molar-refractivity contribution is 0.627. The van der Waals surface area contributed by atoms with Crippen LogP contribution in [0.25, 0.3) is 10.2 Å². The van der Waals surface area contributed by atoms with Crippen molar-refractivity contribution < 1.29 is 0 Å². The Morgan fingerprint density at radius 3 is 3.20 bits per heavy atom. The molecule has 3 N–H and O–H groups in total. The van der Waals surface area contributed by atoms with Crippen LogP contribution in [0.3, 0.4) is 0 Å². The van der Waals surface area contributed by atoms with Gasteiger partial charge < -0.3 is 11.1 Å². The minimum Gasteiger partial charge on any atom is -0.369 e. The maximum atomic E-state index is 5.56. The summed E-state index contributed by atoms with van der Waals surface area (Å²) < 4.78 is 0. The van der Waals surface area contributed by atoms with E-state index in [0.717, 1.165) is 22.6 Å². The molecule has 2 aromatic heterocycles. The van der Waals surface area contributed by atoms with Crippen LogP contribution < -0.4 is 11.1 Å². The molecule has 0 radical (unpaired) electrons. The molecule has 4 nitrogen and oxygen atoms in total. The van der Waals surface area contributed by atoms with E-state index in [9.17, 15) is 0 Å². The van der Waals surface area contributed by atoms with E-state index in [1.54, 1.807) is 17.7 Å². The molecule has 2 aromatic rings. The first-order valence-electron chi connectivity index (χ1n) is 4.93. The number of nitrogens with one attached hydrogen (secondary N) is 1. The van der Waals surface area contributed by atoms with Crippen LogP contribution in [-0.4, -0.2) is 23.1 Å². The molecule has 0 fully saturated rings. The van der Waals surface area contributed by atoms with Gasteiger partial charge in [0, 0.05) is 6.54 Å². The lowest BCUT2D eigenvalue weighted by atomic mass is 10.2. The molecule has 0 bridgehead atoms. The van der Waals surface area contributed by atoms with Crippen molar-refractivity contribution >= 4 is 27.4 Å². The normalized spacial score (nSPS) is 12.9. The minimum atomic E-state index is 0.452. The van der Waals surface area contributed by atoms with Gasteiger partial charge in [0.05, 0.1) is 5.39 Å². The number of fused-ring (bicyclic) bond motifs is 1. The Morgan fingerprint density at radius 1 is 1.53 bits per heavy atom. The van der Waals surface area contributed by atoms with E-state index in [-0.39, 0.29) is 0 Å². The van der Waals surface area contributed by atoms with Crippen molar-refractivity contribution in [2.45, 2.75) is 6.92 Å². The molecular formula is C10H14N4S. The maximum Gasteiger partial charge on any atom is 0.138 e. The molecule has 2 heterocycles. The zero-order valence-electron chi connectivity index (χ0n) is 8.60. The van der Waals surface area contributed by atoms with E-state index < -0.39 is 0 Å². The lowest BCUT2D eigenvalue weighted by Gasteiger charge is -2.10. The van der Waals surface area contributed by atoms with Gasteiger partial charge in [-0.25, -0.2) is 9.97 Å². The second-order valence-corrected chi connectivity index (χ2v) is 4.48. The quantitative estimate of drug-likeness (QED) is 0.826. The molecule has 0 aliphatic carbocycles. The highest BCUT2D eigenvalue weighted by Gasteiger charge is 2.05. The first-order chi connectivity index (χ1) is 7.31. The van der Waals surface area contributed by atoms with E-state index in [0.29, 0.717) is 12.5 Å². The number of thiophene rings is 1. The minimum absolute atomic E-state index is 0.452. The van der Waals surface area contributed by atoms with Gasteiger partial charge in [0.15, 0.2) is 0 Å². The summed E-state index contributed by atoms with van der Waals surface area (Å²) in [5.41, 5.74) is 5.56. The fourth-order valence-electron chi connectivity index (χ4n) is 1.29. The van der Waals surface area contributed by atoms with Gasteiger partial charge in [-0.05, 0) is 23.9 Å². The zero-order chi connectivity index (χ0) is 10.7. The van der Waals surface area contributed by atoms with Crippen LogP contribution in [0.15, 0.2) is 17.8 Å². The number of hydrogen-bond donors (Lipinski definition) is 2. The fourth-order valence-corrected chi connectivity index (χ4v) is 2.02. The predicted molar refractivity (Wildman–Crippen MR) is 64.1 cm³/mol. The smallest absolute Gasteiger partial charge is 0.138 e. The van der Waals surface area contributed by atoms with Crippen molar-refractivity contribution in [2.24, 2.45) is 11.7 Å². The van der Waals surface area contributed by atoms with Gasteiger partial charge >= 0.3 is 0 Å². The van der Waals surface area contributed by atoms with Crippen molar-refractivity contribution in [2.75, 3.05) is 18.4 Å². The summed E-state index contributed by atoms with van der Waals surface area (Å²) in [6.07, 6.45) is 1.59. The van der Waals surface area contributed by atoms with Crippen molar-refractivity contribution in [3.8, 4) is 0 Å². The Balaban J connectivity index is 2.17. The van der Waals surface area contributed by atoms with Gasteiger partial charge in [-0.1, -0.05) is 6.92 Å². The number of nitrogens with two attached hydrogens (primary N) is 1. The van der Waals surface area contributed by atoms with Crippen molar-refractivity contribution in [3.63, 3.8) is 0 Å². The Morgan fingerprint density at radius 2 is 2.40 bits per heavy atom. The second-order valence-electron chi connectivity index (χ2n) is 3.58. The molecule has 1 unspecified atom stereocenters. The third-order valence-electron chi connectivity index (χ3n) is 2.28. The van der Waals surface area contributed by atoms with Crippen molar-refractivity contribution in [3.05, 3.63) is 17.8 Å². The maximum absolute atomic E-state index is 5.56. The summed E-state index contributed by atoms with van der Waals surface area (Å²) in [7, 11) is 0. The average Bonchev–Trinajstić information content (AvgIpc) is 2.74. The summed E-state index contributed by atoms with van der Waals surface area (Å²) in [6.45, 7) is 3.64. The number of rotatable bonds is 4. The molecule has 80 valence electrons. The Hall–Kier alpha value is -1.20. The van der Waals surface area contributed by atoms with Crippen molar-refractivity contribution in [1.82, 2.24) is 9.97 Å². The Kier molecular flexibility index (Phi) is 3.13. The van der Waals surface area contributed by atoms with E-state index in [2.05, 4.69) is 22.2 Å². The predicted octanol–water partition coefficient (Wildman–Crippen LogP) is 1.70. The van der Waals surface area contributed by atoms with E-state index in [1.165, 1.54) is 0 Å². The third kappa shape index (κ3) is 2.24.